The number of unbranched alkanes of at least 4 members (excludes halogenated alkanes) is 18. The van der Waals surface area contributed by atoms with Gasteiger partial charge >= 0.3 is 17.9 Å². The summed E-state index contributed by atoms with van der Waals surface area (Å²) >= 11 is 0. The van der Waals surface area contributed by atoms with Crippen molar-refractivity contribution >= 4 is 17.9 Å². The van der Waals surface area contributed by atoms with Crippen molar-refractivity contribution in [1.82, 2.24) is 14.7 Å². The van der Waals surface area contributed by atoms with Gasteiger partial charge in [-0.2, -0.15) is 0 Å². The molecule has 0 saturated heterocycles. The molecule has 0 spiro atoms. The topological polar surface area (TPSA) is 157 Å². The van der Waals surface area contributed by atoms with Crippen LogP contribution in [0.3, 0.4) is 0 Å². The summed E-state index contributed by atoms with van der Waals surface area (Å²) in [6.07, 6.45) is 26.5. The molecular formula is C57H113N3O11. The van der Waals surface area contributed by atoms with E-state index in [9.17, 15) is 24.6 Å². The summed E-state index contributed by atoms with van der Waals surface area (Å²) in [5.74, 6) is -1.04. The molecule has 0 fully saturated rings. The number of carbonyl (C=O) groups is 3. The number of hydrogen-bond donors (Lipinski definition) is 2. The molecule has 71 heavy (non-hydrogen) atoms. The Kier molecular flexibility index (Phi) is 48.9. The maximum absolute atomic E-state index is 13.2. The van der Waals surface area contributed by atoms with E-state index in [1.807, 2.05) is 0 Å². The van der Waals surface area contributed by atoms with Crippen LogP contribution in [0.2, 0.25) is 0 Å². The van der Waals surface area contributed by atoms with Crippen LogP contribution >= 0.6 is 0 Å². The van der Waals surface area contributed by atoms with Gasteiger partial charge in [0.1, 0.15) is 6.10 Å². The van der Waals surface area contributed by atoms with Gasteiger partial charge in [0.25, 0.3) is 0 Å². The maximum atomic E-state index is 13.2. The number of methoxy groups -OCH3 is 1. The van der Waals surface area contributed by atoms with Crippen LogP contribution in [-0.2, 0) is 42.8 Å². The minimum Gasteiger partial charge on any atom is -0.467 e. The van der Waals surface area contributed by atoms with Crippen LogP contribution in [0.5, 0.6) is 0 Å². The second kappa shape index (κ2) is 50.3. The van der Waals surface area contributed by atoms with Crippen molar-refractivity contribution in [2.45, 2.75) is 238 Å². The normalized spacial score (nSPS) is 13.6. The van der Waals surface area contributed by atoms with E-state index in [-0.39, 0.29) is 37.0 Å². The van der Waals surface area contributed by atoms with Crippen LogP contribution < -0.4 is 0 Å². The van der Waals surface area contributed by atoms with Crippen molar-refractivity contribution in [3.63, 3.8) is 0 Å². The van der Waals surface area contributed by atoms with Gasteiger partial charge in [0.15, 0.2) is 6.10 Å². The first kappa shape index (κ1) is 69.1. The molecule has 0 bridgehead atoms. The van der Waals surface area contributed by atoms with Gasteiger partial charge in [0.2, 0.25) is 0 Å². The highest BCUT2D eigenvalue weighted by molar-refractivity contribution is 5.74. The Bertz CT molecular complexity index is 1180. The van der Waals surface area contributed by atoms with Crippen LogP contribution in [0.1, 0.15) is 214 Å². The fourth-order valence-corrected chi connectivity index (χ4v) is 8.78. The minimum atomic E-state index is -1.39. The van der Waals surface area contributed by atoms with Crippen molar-refractivity contribution in [3.05, 3.63) is 0 Å². The lowest BCUT2D eigenvalue weighted by Crippen LogP contribution is -2.45. The zero-order chi connectivity index (χ0) is 52.6. The standard InChI is InChI=1S/C57H113N3O11/c1-9-13-17-21-22-26-35-50(34-25-18-14-10-2)56(64)69-43-32-24-23-29-40-60(46-52(70-49-54(62)57(65)66-8)45-59(7)39-33-38-58(5)6)44-51(61)36-27-28-37-55(63)71-53(47-67-41-30-19-15-11-3)48-68-42-31-20-16-12-4/h50-54,61-62H,9-49H2,1-8H3. The largest absolute Gasteiger partial charge is 0.467 e. The lowest BCUT2D eigenvalue weighted by Gasteiger charge is -2.32. The summed E-state index contributed by atoms with van der Waals surface area (Å²) in [7, 11) is 7.41. The Labute approximate surface area is 435 Å². The highest BCUT2D eigenvalue weighted by atomic mass is 16.6. The number of esters is 3. The third-order valence-electron chi connectivity index (χ3n) is 13.2. The van der Waals surface area contributed by atoms with Gasteiger partial charge in [-0.25, -0.2) is 4.79 Å². The predicted molar refractivity (Wildman–Crippen MR) is 289 cm³/mol. The Morgan fingerprint density at radius 2 is 1.01 bits per heavy atom. The minimum absolute atomic E-state index is 0.000225. The quantitative estimate of drug-likeness (QED) is 0.0337. The smallest absolute Gasteiger partial charge is 0.337 e. The number of ether oxygens (including phenoxy) is 6. The average molecular weight is 1020 g/mol. The number of hydrogen-bond acceptors (Lipinski definition) is 14. The highest BCUT2D eigenvalue weighted by Crippen LogP contribution is 2.21. The molecular weight excluding hydrogens is 903 g/mol. The van der Waals surface area contributed by atoms with Gasteiger partial charge in [-0.1, -0.05) is 150 Å². The maximum Gasteiger partial charge on any atom is 0.337 e. The van der Waals surface area contributed by atoms with E-state index >= 15 is 0 Å². The zero-order valence-corrected chi connectivity index (χ0v) is 47.3. The SMILES string of the molecule is CCCCCCCCC(CCCCCC)C(=O)OCCCCCCN(CC(O)CCCCC(=O)OC(COCCCCCC)COCCCCCC)CC(CN(C)CCCN(C)C)OCC(O)C(=O)OC. The Morgan fingerprint density at radius 1 is 0.493 bits per heavy atom. The molecule has 0 aromatic rings. The molecule has 0 radical (unpaired) electrons. The van der Waals surface area contributed by atoms with Crippen molar-refractivity contribution in [1.29, 1.82) is 0 Å². The summed E-state index contributed by atoms with van der Waals surface area (Å²) in [6, 6.07) is 0. The van der Waals surface area contributed by atoms with Gasteiger partial charge in [-0.05, 0) is 98.6 Å². The summed E-state index contributed by atoms with van der Waals surface area (Å²) in [5, 5.41) is 21.9. The second-order valence-corrected chi connectivity index (χ2v) is 20.6. The number of nitrogens with zero attached hydrogens (tertiary/aromatic N) is 3. The molecule has 0 aliphatic rings. The first-order chi connectivity index (χ1) is 34.4. The first-order valence-electron chi connectivity index (χ1n) is 29.0. The summed E-state index contributed by atoms with van der Waals surface area (Å²) in [4.78, 5) is 44.9. The summed E-state index contributed by atoms with van der Waals surface area (Å²) in [5.41, 5.74) is 0. The van der Waals surface area contributed by atoms with Crippen LogP contribution in [0.4, 0.5) is 0 Å². The monoisotopic (exact) mass is 1020 g/mol. The number of aliphatic hydroxyl groups is 2. The van der Waals surface area contributed by atoms with Crippen LogP contribution in [0.15, 0.2) is 0 Å². The van der Waals surface area contributed by atoms with Crippen molar-refractivity contribution < 1.29 is 53.0 Å². The van der Waals surface area contributed by atoms with E-state index < -0.39 is 24.3 Å². The molecule has 4 atom stereocenters. The van der Waals surface area contributed by atoms with Crippen molar-refractivity contribution in [2.75, 3.05) is 107 Å². The molecule has 0 amide bonds. The van der Waals surface area contributed by atoms with Gasteiger partial charge in [-0.3, -0.25) is 14.5 Å². The second-order valence-electron chi connectivity index (χ2n) is 20.6. The van der Waals surface area contributed by atoms with E-state index in [0.717, 1.165) is 96.6 Å². The lowest BCUT2D eigenvalue weighted by atomic mass is 9.94. The van der Waals surface area contributed by atoms with Crippen LogP contribution in [0, 0.1) is 5.92 Å². The van der Waals surface area contributed by atoms with E-state index in [1.165, 1.54) is 84.2 Å². The molecule has 14 nitrogen and oxygen atoms in total. The van der Waals surface area contributed by atoms with Crippen LogP contribution in [-0.4, -0.2) is 174 Å². The lowest BCUT2D eigenvalue weighted by molar-refractivity contribution is -0.156. The molecule has 2 N–H and O–H groups in total. The molecule has 422 valence electrons. The first-order valence-corrected chi connectivity index (χ1v) is 29.0. The van der Waals surface area contributed by atoms with E-state index in [4.69, 9.17) is 28.4 Å². The molecule has 0 aromatic heterocycles. The Morgan fingerprint density at radius 3 is 1.61 bits per heavy atom. The average Bonchev–Trinajstić information content (AvgIpc) is 3.34. The third-order valence-corrected chi connectivity index (χ3v) is 13.2. The van der Waals surface area contributed by atoms with Gasteiger partial charge < -0.3 is 48.4 Å². The van der Waals surface area contributed by atoms with Crippen molar-refractivity contribution in [2.24, 2.45) is 5.92 Å². The van der Waals surface area contributed by atoms with Gasteiger partial charge in [0, 0.05) is 39.3 Å². The molecule has 0 rings (SSSR count). The Balaban J connectivity index is 5.55. The molecule has 0 aliphatic heterocycles. The number of carbonyl (C=O) groups excluding carboxylic acids is 3. The zero-order valence-electron chi connectivity index (χ0n) is 47.3. The highest BCUT2D eigenvalue weighted by Gasteiger charge is 2.24. The van der Waals surface area contributed by atoms with E-state index in [2.05, 4.69) is 63.5 Å². The molecule has 14 heteroatoms. The predicted octanol–water partition coefficient (Wildman–Crippen LogP) is 10.6. The van der Waals surface area contributed by atoms with Gasteiger partial charge in [-0.15, -0.1) is 0 Å². The molecule has 0 saturated carbocycles. The number of aliphatic hydroxyl groups excluding tert-OH is 2. The molecule has 4 unspecified atom stereocenters. The van der Waals surface area contributed by atoms with Gasteiger partial charge in [0.05, 0.1) is 51.7 Å². The van der Waals surface area contributed by atoms with E-state index in [1.54, 1.807) is 0 Å². The van der Waals surface area contributed by atoms with Crippen molar-refractivity contribution in [3.8, 4) is 0 Å². The molecule has 0 heterocycles. The van der Waals surface area contributed by atoms with Crippen LogP contribution in [0.25, 0.3) is 0 Å². The number of likely N-dealkylation sites (N-methyl/N-ethyl adjacent to an activating group) is 1. The molecule has 0 aliphatic carbocycles. The third kappa shape index (κ3) is 44.1. The fourth-order valence-electron chi connectivity index (χ4n) is 8.78. The fraction of sp³-hybridized carbons (Fsp3) is 0.947. The Hall–Kier alpha value is -1.91. The number of rotatable bonds is 54. The van der Waals surface area contributed by atoms with E-state index in [0.29, 0.717) is 78.5 Å². The summed E-state index contributed by atoms with van der Waals surface area (Å²) in [6.45, 7) is 15.0. The summed E-state index contributed by atoms with van der Waals surface area (Å²) < 4.78 is 34.5. The molecule has 0 aromatic carbocycles.